The van der Waals surface area contributed by atoms with Gasteiger partial charge in [0, 0.05) is 44.1 Å². The second-order valence-corrected chi connectivity index (χ2v) is 7.94. The van der Waals surface area contributed by atoms with Gasteiger partial charge < -0.3 is 15.1 Å². The molecule has 158 valence electrons. The quantitative estimate of drug-likeness (QED) is 0.706. The minimum atomic E-state index is -0.202. The average molecular weight is 408 g/mol. The number of para-hydroxylation sites is 2. The summed E-state index contributed by atoms with van der Waals surface area (Å²) in [7, 11) is 2.14. The Morgan fingerprint density at radius 1 is 1.00 bits per heavy atom. The van der Waals surface area contributed by atoms with Gasteiger partial charge in [0.1, 0.15) is 6.54 Å². The number of nitrogens with one attached hydrogen (secondary N) is 1. The fourth-order valence-electron chi connectivity index (χ4n) is 4.11. The summed E-state index contributed by atoms with van der Waals surface area (Å²) in [4.78, 5) is 30.2. The molecule has 2 heterocycles. The number of carbonyl (C=O) groups is 1. The molecule has 1 saturated heterocycles. The zero-order valence-corrected chi connectivity index (χ0v) is 17.9. The van der Waals surface area contributed by atoms with Crippen LogP contribution in [0, 0.1) is 6.92 Å². The van der Waals surface area contributed by atoms with Gasteiger partial charge in [-0.2, -0.15) is 0 Å². The van der Waals surface area contributed by atoms with Crippen LogP contribution in [-0.2, 0) is 17.9 Å². The van der Waals surface area contributed by atoms with Gasteiger partial charge >= 0.3 is 5.69 Å². The van der Waals surface area contributed by atoms with Crippen LogP contribution < -0.4 is 15.9 Å². The van der Waals surface area contributed by atoms with Gasteiger partial charge in [-0.15, -0.1) is 0 Å². The topological polar surface area (TPSA) is 62.5 Å². The van der Waals surface area contributed by atoms with Gasteiger partial charge in [0.2, 0.25) is 5.91 Å². The van der Waals surface area contributed by atoms with Crippen molar-refractivity contribution in [1.82, 2.24) is 14.0 Å². The summed E-state index contributed by atoms with van der Waals surface area (Å²) in [5.41, 5.74) is 4.46. The molecule has 0 atom stereocenters. The molecule has 0 spiro atoms. The van der Waals surface area contributed by atoms with Crippen molar-refractivity contribution in [2.45, 2.75) is 26.9 Å². The number of hydrogen-bond acceptors (Lipinski definition) is 4. The third-order valence-electron chi connectivity index (χ3n) is 5.90. The molecule has 1 N–H and O–H groups in total. The SMILES string of the molecule is CCn1c(=O)n(CC(=O)Nc2ccc(N3CCN(C)CC3)cc2C)c2ccccc21. The van der Waals surface area contributed by atoms with Crippen LogP contribution in [0.5, 0.6) is 0 Å². The number of anilines is 2. The van der Waals surface area contributed by atoms with E-state index >= 15 is 0 Å². The Hall–Kier alpha value is -3.06. The lowest BCUT2D eigenvalue weighted by Crippen LogP contribution is -2.44. The predicted molar refractivity (Wildman–Crippen MR) is 121 cm³/mol. The molecule has 4 rings (SSSR count). The molecule has 30 heavy (non-hydrogen) atoms. The van der Waals surface area contributed by atoms with Crippen LogP contribution in [0.25, 0.3) is 11.0 Å². The first-order valence-corrected chi connectivity index (χ1v) is 10.5. The van der Waals surface area contributed by atoms with Crippen LogP contribution in [0.3, 0.4) is 0 Å². The average Bonchev–Trinajstić information content (AvgIpc) is 3.01. The van der Waals surface area contributed by atoms with Gasteiger partial charge in [0.25, 0.3) is 0 Å². The summed E-state index contributed by atoms with van der Waals surface area (Å²) in [5, 5.41) is 2.98. The Morgan fingerprint density at radius 2 is 1.67 bits per heavy atom. The zero-order valence-electron chi connectivity index (χ0n) is 17.9. The van der Waals surface area contributed by atoms with E-state index in [2.05, 4.69) is 34.3 Å². The molecule has 1 amide bonds. The van der Waals surface area contributed by atoms with Crippen molar-refractivity contribution in [2.24, 2.45) is 0 Å². The van der Waals surface area contributed by atoms with Crippen molar-refractivity contribution in [2.75, 3.05) is 43.4 Å². The van der Waals surface area contributed by atoms with Crippen LogP contribution >= 0.6 is 0 Å². The molecule has 0 unspecified atom stereocenters. The Kier molecular flexibility index (Phi) is 5.63. The second kappa shape index (κ2) is 8.36. The van der Waals surface area contributed by atoms with Gasteiger partial charge in [0.15, 0.2) is 0 Å². The molecule has 3 aromatic rings. The van der Waals surface area contributed by atoms with Gasteiger partial charge in [-0.1, -0.05) is 12.1 Å². The molecule has 1 aliphatic rings. The van der Waals surface area contributed by atoms with Gasteiger partial charge in [-0.05, 0) is 56.8 Å². The maximum absolute atomic E-state index is 12.8. The van der Waals surface area contributed by atoms with Crippen molar-refractivity contribution < 1.29 is 4.79 Å². The maximum atomic E-state index is 12.8. The lowest BCUT2D eigenvalue weighted by Gasteiger charge is -2.34. The van der Waals surface area contributed by atoms with E-state index in [-0.39, 0.29) is 18.1 Å². The summed E-state index contributed by atoms with van der Waals surface area (Å²) >= 11 is 0. The van der Waals surface area contributed by atoms with Gasteiger partial charge in [0.05, 0.1) is 11.0 Å². The third kappa shape index (κ3) is 3.85. The summed E-state index contributed by atoms with van der Waals surface area (Å²) in [6.07, 6.45) is 0. The Balaban J connectivity index is 1.50. The molecule has 0 aliphatic carbocycles. The number of nitrogens with zero attached hydrogens (tertiary/aromatic N) is 4. The van der Waals surface area contributed by atoms with Crippen molar-refractivity contribution in [1.29, 1.82) is 0 Å². The van der Waals surface area contributed by atoms with Crippen LogP contribution in [0.15, 0.2) is 47.3 Å². The molecule has 1 aliphatic heterocycles. The van der Waals surface area contributed by atoms with E-state index in [1.807, 2.05) is 44.2 Å². The van der Waals surface area contributed by atoms with Crippen molar-refractivity contribution >= 4 is 28.3 Å². The number of amides is 1. The van der Waals surface area contributed by atoms with E-state index in [1.54, 1.807) is 9.13 Å². The van der Waals surface area contributed by atoms with E-state index in [0.29, 0.717) is 6.54 Å². The number of piperazine rings is 1. The summed E-state index contributed by atoms with van der Waals surface area (Å²) < 4.78 is 3.24. The monoisotopic (exact) mass is 407 g/mol. The number of aromatic nitrogens is 2. The second-order valence-electron chi connectivity index (χ2n) is 7.94. The number of rotatable bonds is 5. The number of imidazole rings is 1. The van der Waals surface area contributed by atoms with Crippen LogP contribution in [-0.4, -0.2) is 53.2 Å². The van der Waals surface area contributed by atoms with E-state index in [0.717, 1.165) is 48.5 Å². The lowest BCUT2D eigenvalue weighted by molar-refractivity contribution is -0.116. The maximum Gasteiger partial charge on any atom is 0.329 e. The highest BCUT2D eigenvalue weighted by Crippen LogP contribution is 2.24. The molecule has 7 heteroatoms. The lowest BCUT2D eigenvalue weighted by atomic mass is 10.1. The number of likely N-dealkylation sites (N-methyl/N-ethyl adjacent to an activating group) is 1. The van der Waals surface area contributed by atoms with Crippen molar-refractivity contribution in [3.05, 3.63) is 58.5 Å². The minimum Gasteiger partial charge on any atom is -0.369 e. The van der Waals surface area contributed by atoms with E-state index in [4.69, 9.17) is 0 Å². The first kappa shape index (κ1) is 20.2. The third-order valence-corrected chi connectivity index (χ3v) is 5.90. The number of fused-ring (bicyclic) bond motifs is 1. The fraction of sp³-hybridized carbons (Fsp3) is 0.391. The predicted octanol–water partition coefficient (Wildman–Crippen LogP) is 2.52. The first-order chi connectivity index (χ1) is 14.5. The molecule has 0 bridgehead atoms. The van der Waals surface area contributed by atoms with Crippen molar-refractivity contribution in [3.63, 3.8) is 0 Å². The number of hydrogen-bond donors (Lipinski definition) is 1. The highest BCUT2D eigenvalue weighted by molar-refractivity contribution is 5.92. The number of benzene rings is 2. The molecule has 2 aromatic carbocycles. The van der Waals surface area contributed by atoms with Crippen LogP contribution in [0.4, 0.5) is 11.4 Å². The van der Waals surface area contributed by atoms with Crippen LogP contribution in [0.1, 0.15) is 12.5 Å². The largest absolute Gasteiger partial charge is 0.369 e. The molecule has 0 saturated carbocycles. The number of aryl methyl sites for hydroxylation is 2. The molecule has 1 fully saturated rings. The molecule has 0 radical (unpaired) electrons. The van der Waals surface area contributed by atoms with Crippen molar-refractivity contribution in [3.8, 4) is 0 Å². The zero-order chi connectivity index (χ0) is 21.3. The molecule has 1 aromatic heterocycles. The Morgan fingerprint density at radius 3 is 2.30 bits per heavy atom. The minimum absolute atomic E-state index is 0.00794. The number of carbonyl (C=O) groups excluding carboxylic acids is 1. The highest BCUT2D eigenvalue weighted by Gasteiger charge is 2.17. The normalized spacial score (nSPS) is 15.0. The summed E-state index contributed by atoms with van der Waals surface area (Å²) in [6, 6.07) is 13.7. The molecule has 7 nitrogen and oxygen atoms in total. The Bertz CT molecular complexity index is 1120. The first-order valence-electron chi connectivity index (χ1n) is 10.5. The Labute approximate surface area is 176 Å². The van der Waals surface area contributed by atoms with E-state index in [9.17, 15) is 9.59 Å². The summed E-state index contributed by atoms with van der Waals surface area (Å²) in [6.45, 7) is 8.62. The fourth-order valence-corrected chi connectivity index (χ4v) is 4.11. The van der Waals surface area contributed by atoms with Gasteiger partial charge in [-0.25, -0.2) is 4.79 Å². The highest BCUT2D eigenvalue weighted by atomic mass is 16.2. The summed E-state index contributed by atoms with van der Waals surface area (Å²) in [5.74, 6) is -0.202. The van der Waals surface area contributed by atoms with E-state index in [1.165, 1.54) is 5.69 Å². The molecular formula is C23H29N5O2. The standard InChI is InChI=1S/C23H29N5O2/c1-4-27-20-7-5-6-8-21(20)28(23(27)30)16-22(29)24-19-10-9-18(15-17(19)2)26-13-11-25(3)12-14-26/h5-10,15H,4,11-14,16H2,1-3H3,(H,24,29). The van der Waals surface area contributed by atoms with Gasteiger partial charge in [-0.3, -0.25) is 13.9 Å². The van der Waals surface area contributed by atoms with E-state index < -0.39 is 0 Å². The smallest absolute Gasteiger partial charge is 0.329 e. The molecular weight excluding hydrogens is 378 g/mol. The van der Waals surface area contributed by atoms with Crippen LogP contribution in [0.2, 0.25) is 0 Å².